The van der Waals surface area contributed by atoms with Gasteiger partial charge in [-0.1, -0.05) is 60.7 Å². The highest BCUT2D eigenvalue weighted by Gasteiger charge is 2.26. The molecule has 3 heteroatoms. The molecular weight excluding hydrogens is 286 g/mol. The maximum atomic E-state index is 11.6. The number of benzene rings is 2. The van der Waals surface area contributed by atoms with Crippen LogP contribution < -0.4 is 0 Å². The molecule has 3 rings (SSSR count). The van der Waals surface area contributed by atoms with Crippen molar-refractivity contribution in [3.63, 3.8) is 0 Å². The molecule has 1 atom stereocenters. The lowest BCUT2D eigenvalue weighted by molar-refractivity contribution is -0.136. The minimum atomic E-state index is 0.0815. The van der Waals surface area contributed by atoms with E-state index < -0.39 is 0 Å². The summed E-state index contributed by atoms with van der Waals surface area (Å²) in [6, 6.07) is 21.1. The van der Waals surface area contributed by atoms with Crippen LogP contribution in [0.3, 0.4) is 0 Å². The van der Waals surface area contributed by atoms with E-state index in [2.05, 4.69) is 48.5 Å². The molecule has 0 bridgehead atoms. The lowest BCUT2D eigenvalue weighted by Crippen LogP contribution is -2.45. The lowest BCUT2D eigenvalue weighted by atomic mass is 9.86. The van der Waals surface area contributed by atoms with Crippen LogP contribution in [0, 0.1) is 0 Å². The third-order valence-corrected chi connectivity index (χ3v) is 4.49. The molecule has 1 aliphatic heterocycles. The first-order valence-corrected chi connectivity index (χ1v) is 8.21. The fraction of sp³-hybridized carbons (Fsp3) is 0.350. The Morgan fingerprint density at radius 1 is 1.09 bits per heavy atom. The van der Waals surface area contributed by atoms with E-state index >= 15 is 0 Å². The summed E-state index contributed by atoms with van der Waals surface area (Å²) >= 11 is 0. The summed E-state index contributed by atoms with van der Waals surface area (Å²) in [6.45, 7) is 3.65. The molecule has 3 nitrogen and oxygen atoms in total. The molecule has 1 fully saturated rings. The number of rotatable bonds is 4. The fourth-order valence-electron chi connectivity index (χ4n) is 3.25. The van der Waals surface area contributed by atoms with Crippen molar-refractivity contribution in [1.82, 2.24) is 4.90 Å². The molecule has 1 aliphatic rings. The minimum absolute atomic E-state index is 0.0815. The van der Waals surface area contributed by atoms with Gasteiger partial charge in [0, 0.05) is 25.9 Å². The number of hydrogen-bond donors (Lipinski definition) is 0. The molecule has 0 N–H and O–H groups in total. The highest BCUT2D eigenvalue weighted by Crippen LogP contribution is 2.30. The topological polar surface area (TPSA) is 29.5 Å². The summed E-state index contributed by atoms with van der Waals surface area (Å²) in [5.74, 6) is 0.420. The van der Waals surface area contributed by atoms with Gasteiger partial charge < -0.3 is 9.64 Å². The SMILES string of the molecule is CC(=O)N1CCO[C@@H](CC(c2ccccc2)c2ccccc2)C1. The largest absolute Gasteiger partial charge is 0.375 e. The molecule has 0 aliphatic carbocycles. The van der Waals surface area contributed by atoms with Gasteiger partial charge in [-0.25, -0.2) is 0 Å². The third-order valence-electron chi connectivity index (χ3n) is 4.49. The van der Waals surface area contributed by atoms with Crippen molar-refractivity contribution in [2.45, 2.75) is 25.4 Å². The highest BCUT2D eigenvalue weighted by molar-refractivity contribution is 5.73. The van der Waals surface area contributed by atoms with Crippen LogP contribution in [0.2, 0.25) is 0 Å². The van der Waals surface area contributed by atoms with Gasteiger partial charge in [0.05, 0.1) is 12.7 Å². The summed E-state index contributed by atoms with van der Waals surface area (Å²) in [5.41, 5.74) is 2.59. The average Bonchev–Trinajstić information content (AvgIpc) is 2.61. The van der Waals surface area contributed by atoms with Gasteiger partial charge in [0.15, 0.2) is 0 Å². The Hall–Kier alpha value is -2.13. The van der Waals surface area contributed by atoms with Crippen LogP contribution in [-0.4, -0.2) is 36.6 Å². The van der Waals surface area contributed by atoms with Gasteiger partial charge >= 0.3 is 0 Å². The second-order valence-electron chi connectivity index (χ2n) is 6.07. The minimum Gasteiger partial charge on any atom is -0.375 e. The number of ether oxygens (including phenoxy) is 1. The van der Waals surface area contributed by atoms with Crippen molar-refractivity contribution >= 4 is 5.91 Å². The molecule has 0 aromatic heterocycles. The van der Waals surface area contributed by atoms with E-state index in [4.69, 9.17) is 4.74 Å². The number of morpholine rings is 1. The molecule has 0 unspecified atom stereocenters. The standard InChI is InChI=1S/C20H23NO2/c1-16(22)21-12-13-23-19(15-21)14-20(17-8-4-2-5-9-17)18-10-6-3-7-11-18/h2-11,19-20H,12-15H2,1H3/t19-/m0/s1. The molecule has 1 saturated heterocycles. The Balaban J connectivity index is 1.81. The number of amides is 1. The van der Waals surface area contributed by atoms with Crippen molar-refractivity contribution in [2.24, 2.45) is 0 Å². The molecule has 1 amide bonds. The first kappa shape index (κ1) is 15.8. The number of carbonyl (C=O) groups excluding carboxylic acids is 1. The second-order valence-corrected chi connectivity index (χ2v) is 6.07. The van der Waals surface area contributed by atoms with E-state index in [1.165, 1.54) is 11.1 Å². The Morgan fingerprint density at radius 2 is 1.65 bits per heavy atom. The number of hydrogen-bond acceptors (Lipinski definition) is 2. The van der Waals surface area contributed by atoms with Crippen LogP contribution in [0.5, 0.6) is 0 Å². The Kier molecular flexibility index (Phi) is 5.09. The van der Waals surface area contributed by atoms with E-state index in [9.17, 15) is 4.79 Å². The van der Waals surface area contributed by atoms with E-state index in [0.717, 1.165) is 6.42 Å². The second kappa shape index (κ2) is 7.42. The molecule has 23 heavy (non-hydrogen) atoms. The fourth-order valence-corrected chi connectivity index (χ4v) is 3.25. The summed E-state index contributed by atoms with van der Waals surface area (Å²) < 4.78 is 5.94. The van der Waals surface area contributed by atoms with Crippen molar-refractivity contribution in [2.75, 3.05) is 19.7 Å². The maximum absolute atomic E-state index is 11.6. The van der Waals surface area contributed by atoms with Gasteiger partial charge in [-0.2, -0.15) is 0 Å². The zero-order chi connectivity index (χ0) is 16.1. The predicted molar refractivity (Wildman–Crippen MR) is 91.3 cm³/mol. The van der Waals surface area contributed by atoms with Gasteiger partial charge in [0.1, 0.15) is 0 Å². The summed E-state index contributed by atoms with van der Waals surface area (Å²) in [5, 5.41) is 0. The molecule has 0 spiro atoms. The number of nitrogens with zero attached hydrogens (tertiary/aromatic N) is 1. The van der Waals surface area contributed by atoms with Crippen molar-refractivity contribution in [1.29, 1.82) is 0 Å². The zero-order valence-electron chi connectivity index (χ0n) is 13.5. The van der Waals surface area contributed by atoms with Gasteiger partial charge in [-0.05, 0) is 17.5 Å². The van der Waals surface area contributed by atoms with Crippen molar-refractivity contribution in [3.05, 3.63) is 71.8 Å². The molecule has 0 saturated carbocycles. The molecule has 1 heterocycles. The summed E-state index contributed by atoms with van der Waals surface area (Å²) in [4.78, 5) is 13.5. The Bertz CT molecular complexity index is 587. The molecule has 2 aromatic carbocycles. The molecule has 120 valence electrons. The van der Waals surface area contributed by atoms with Crippen LogP contribution in [-0.2, 0) is 9.53 Å². The van der Waals surface area contributed by atoms with E-state index in [-0.39, 0.29) is 17.9 Å². The third kappa shape index (κ3) is 3.99. The lowest BCUT2D eigenvalue weighted by Gasteiger charge is -2.34. The van der Waals surface area contributed by atoms with E-state index in [1.54, 1.807) is 6.92 Å². The molecule has 2 aromatic rings. The first-order chi connectivity index (χ1) is 11.2. The van der Waals surface area contributed by atoms with Crippen LogP contribution in [0.4, 0.5) is 0 Å². The van der Waals surface area contributed by atoms with Crippen LogP contribution >= 0.6 is 0 Å². The Morgan fingerprint density at radius 3 is 2.17 bits per heavy atom. The summed E-state index contributed by atoms with van der Waals surface area (Å²) in [6.07, 6.45) is 0.968. The summed E-state index contributed by atoms with van der Waals surface area (Å²) in [7, 11) is 0. The highest BCUT2D eigenvalue weighted by atomic mass is 16.5. The van der Waals surface area contributed by atoms with Gasteiger partial charge in [0.2, 0.25) is 5.91 Å². The normalized spacial score (nSPS) is 18.2. The smallest absolute Gasteiger partial charge is 0.219 e. The van der Waals surface area contributed by atoms with Gasteiger partial charge in [0.25, 0.3) is 0 Å². The van der Waals surface area contributed by atoms with Crippen molar-refractivity contribution in [3.8, 4) is 0 Å². The Labute approximate surface area is 137 Å². The quantitative estimate of drug-likeness (QED) is 0.865. The average molecular weight is 309 g/mol. The predicted octanol–water partition coefficient (Wildman–Crippen LogP) is 3.46. The van der Waals surface area contributed by atoms with Crippen LogP contribution in [0.1, 0.15) is 30.4 Å². The number of carbonyl (C=O) groups is 1. The van der Waals surface area contributed by atoms with Crippen LogP contribution in [0.25, 0.3) is 0 Å². The zero-order valence-corrected chi connectivity index (χ0v) is 13.5. The van der Waals surface area contributed by atoms with Gasteiger partial charge in [-0.15, -0.1) is 0 Å². The molecule has 0 radical (unpaired) electrons. The van der Waals surface area contributed by atoms with E-state index in [0.29, 0.717) is 19.7 Å². The monoisotopic (exact) mass is 309 g/mol. The van der Waals surface area contributed by atoms with E-state index in [1.807, 2.05) is 17.0 Å². The van der Waals surface area contributed by atoms with Crippen LogP contribution in [0.15, 0.2) is 60.7 Å². The van der Waals surface area contributed by atoms with Crippen molar-refractivity contribution < 1.29 is 9.53 Å². The first-order valence-electron chi connectivity index (χ1n) is 8.21. The maximum Gasteiger partial charge on any atom is 0.219 e. The molecular formula is C20H23NO2. The van der Waals surface area contributed by atoms with Gasteiger partial charge in [-0.3, -0.25) is 4.79 Å².